The van der Waals surface area contributed by atoms with Crippen LogP contribution >= 0.6 is 0 Å². The Balaban J connectivity index is 1.59. The topological polar surface area (TPSA) is 36.9 Å². The lowest BCUT2D eigenvalue weighted by molar-refractivity contribution is -0.136. The SMILES string of the molecule is COC(c1ccccc1)(c1ccccc1)[C@@H]1OB(/C=C\c2ccccc2)O[C@H]1C(OC)(c1ccccc1)c1ccccc1. The van der Waals surface area contributed by atoms with Gasteiger partial charge in [-0.2, -0.15) is 0 Å². The molecule has 0 unspecified atom stereocenters. The van der Waals surface area contributed by atoms with E-state index in [1.807, 2.05) is 103 Å². The Morgan fingerprint density at radius 1 is 0.488 bits per heavy atom. The van der Waals surface area contributed by atoms with E-state index in [-0.39, 0.29) is 0 Å². The third-order valence-corrected chi connectivity index (χ3v) is 8.34. The van der Waals surface area contributed by atoms with Gasteiger partial charge in [-0.1, -0.05) is 164 Å². The summed E-state index contributed by atoms with van der Waals surface area (Å²) < 4.78 is 27.3. The van der Waals surface area contributed by atoms with Gasteiger partial charge in [-0.3, -0.25) is 0 Å². The minimum atomic E-state index is -1.03. The summed E-state index contributed by atoms with van der Waals surface area (Å²) in [4.78, 5) is 0. The Kier molecular flexibility index (Phi) is 8.68. The Labute approximate surface area is 254 Å². The van der Waals surface area contributed by atoms with E-state index >= 15 is 0 Å². The van der Waals surface area contributed by atoms with Crippen LogP contribution in [0.1, 0.15) is 27.8 Å². The Hall–Kier alpha value is -4.26. The Bertz CT molecular complexity index is 1420. The first kappa shape index (κ1) is 28.8. The van der Waals surface area contributed by atoms with Gasteiger partial charge in [-0.25, -0.2) is 0 Å². The van der Waals surface area contributed by atoms with E-state index in [1.54, 1.807) is 14.2 Å². The lowest BCUT2D eigenvalue weighted by Crippen LogP contribution is -2.56. The highest BCUT2D eigenvalue weighted by Gasteiger charge is 2.61. The largest absolute Gasteiger partial charge is 0.486 e. The third kappa shape index (κ3) is 5.37. The molecule has 0 aromatic heterocycles. The maximum Gasteiger partial charge on any atom is 0.486 e. The van der Waals surface area contributed by atoms with E-state index in [4.69, 9.17) is 18.8 Å². The highest BCUT2D eigenvalue weighted by Crippen LogP contribution is 2.50. The Morgan fingerprint density at radius 2 is 0.791 bits per heavy atom. The minimum Gasteiger partial charge on any atom is -0.398 e. The standard InChI is InChI=1S/C38H35BO4/c1-40-37(31-20-10-4-11-21-31,32-22-12-5-13-23-32)35-36(43-39(42-35)29-28-30-18-8-3-9-19-30)38(41-2,33-24-14-6-15-25-33)34-26-16-7-17-27-34/h3-29,35-36H,1-2H3/b29-28-/t35-,36-/m1/s1. The van der Waals surface area contributed by atoms with Crippen molar-refractivity contribution in [3.63, 3.8) is 0 Å². The van der Waals surface area contributed by atoms with E-state index in [0.29, 0.717) is 0 Å². The van der Waals surface area contributed by atoms with Crippen LogP contribution in [0.2, 0.25) is 0 Å². The summed E-state index contributed by atoms with van der Waals surface area (Å²) in [6.45, 7) is 0. The summed E-state index contributed by atoms with van der Waals surface area (Å²) in [5, 5.41) is 0. The fourth-order valence-corrected chi connectivity index (χ4v) is 6.36. The van der Waals surface area contributed by atoms with Crippen molar-refractivity contribution in [1.82, 2.24) is 0 Å². The van der Waals surface area contributed by atoms with Crippen LogP contribution in [0.5, 0.6) is 0 Å². The van der Waals surface area contributed by atoms with Crippen molar-refractivity contribution in [3.8, 4) is 0 Å². The van der Waals surface area contributed by atoms with Crippen molar-refractivity contribution in [2.24, 2.45) is 0 Å². The van der Waals surface area contributed by atoms with Crippen molar-refractivity contribution in [2.75, 3.05) is 14.2 Å². The van der Waals surface area contributed by atoms with Crippen LogP contribution in [-0.2, 0) is 30.0 Å². The first-order chi connectivity index (χ1) is 21.2. The van der Waals surface area contributed by atoms with Crippen LogP contribution in [-0.4, -0.2) is 33.5 Å². The molecule has 0 aliphatic carbocycles. The smallest absolute Gasteiger partial charge is 0.398 e. The molecule has 6 rings (SSSR count). The molecule has 5 aromatic rings. The normalized spacial score (nSPS) is 17.4. The number of hydrogen-bond donors (Lipinski definition) is 0. The fraction of sp³-hybridized carbons (Fsp3) is 0.158. The second-order valence-electron chi connectivity index (χ2n) is 10.6. The van der Waals surface area contributed by atoms with Gasteiger partial charge in [0.25, 0.3) is 0 Å². The van der Waals surface area contributed by atoms with Crippen molar-refractivity contribution >= 4 is 13.2 Å². The molecule has 0 spiro atoms. The van der Waals surface area contributed by atoms with E-state index in [9.17, 15) is 0 Å². The monoisotopic (exact) mass is 566 g/mol. The fourth-order valence-electron chi connectivity index (χ4n) is 6.36. The van der Waals surface area contributed by atoms with Crippen molar-refractivity contribution in [1.29, 1.82) is 0 Å². The molecule has 2 atom stereocenters. The maximum atomic E-state index is 7.00. The van der Waals surface area contributed by atoms with Crippen LogP contribution in [0.25, 0.3) is 6.08 Å². The summed E-state index contributed by atoms with van der Waals surface area (Å²) in [5.41, 5.74) is 2.83. The second-order valence-corrected chi connectivity index (χ2v) is 10.6. The summed E-state index contributed by atoms with van der Waals surface area (Å²) >= 11 is 0. The average Bonchev–Trinajstić information content (AvgIpc) is 3.52. The predicted molar refractivity (Wildman–Crippen MR) is 172 cm³/mol. The molecule has 5 heteroatoms. The molecule has 214 valence electrons. The molecular weight excluding hydrogens is 531 g/mol. The highest BCUT2D eigenvalue weighted by molar-refractivity contribution is 6.52. The van der Waals surface area contributed by atoms with Gasteiger partial charge in [-0.05, 0) is 27.8 Å². The number of methoxy groups -OCH3 is 2. The molecule has 1 aliphatic rings. The molecule has 0 N–H and O–H groups in total. The first-order valence-corrected chi connectivity index (χ1v) is 14.6. The quantitative estimate of drug-likeness (QED) is 0.163. The molecule has 1 heterocycles. The van der Waals surface area contributed by atoms with Gasteiger partial charge < -0.3 is 18.8 Å². The van der Waals surface area contributed by atoms with Crippen LogP contribution in [0.3, 0.4) is 0 Å². The molecule has 1 saturated heterocycles. The zero-order valence-corrected chi connectivity index (χ0v) is 24.5. The van der Waals surface area contributed by atoms with E-state index < -0.39 is 30.5 Å². The van der Waals surface area contributed by atoms with Gasteiger partial charge in [-0.15, -0.1) is 0 Å². The third-order valence-electron chi connectivity index (χ3n) is 8.34. The zero-order chi connectivity index (χ0) is 29.5. The van der Waals surface area contributed by atoms with E-state index in [0.717, 1.165) is 27.8 Å². The van der Waals surface area contributed by atoms with Gasteiger partial charge in [0, 0.05) is 14.2 Å². The van der Waals surface area contributed by atoms with Crippen LogP contribution in [0, 0.1) is 0 Å². The number of ether oxygens (including phenoxy) is 2. The Morgan fingerprint density at radius 3 is 1.09 bits per heavy atom. The van der Waals surface area contributed by atoms with Crippen molar-refractivity contribution < 1.29 is 18.8 Å². The molecule has 0 saturated carbocycles. The van der Waals surface area contributed by atoms with Gasteiger partial charge in [0.2, 0.25) is 0 Å². The summed E-state index contributed by atoms with van der Waals surface area (Å²) in [6.07, 6.45) is 0.768. The predicted octanol–water partition coefficient (Wildman–Crippen LogP) is 7.69. The molecule has 0 bridgehead atoms. The lowest BCUT2D eigenvalue weighted by atomic mass is 9.71. The highest BCUT2D eigenvalue weighted by atomic mass is 16.7. The number of benzene rings is 5. The van der Waals surface area contributed by atoms with Gasteiger partial charge in [0.15, 0.2) is 0 Å². The summed E-state index contributed by atoms with van der Waals surface area (Å²) in [7, 11) is 2.82. The van der Waals surface area contributed by atoms with Crippen molar-refractivity contribution in [3.05, 3.63) is 185 Å². The van der Waals surface area contributed by atoms with Gasteiger partial charge in [0.1, 0.15) is 23.4 Å². The minimum absolute atomic E-state index is 0.631. The van der Waals surface area contributed by atoms with Crippen LogP contribution < -0.4 is 0 Å². The molecule has 5 aromatic carbocycles. The molecule has 43 heavy (non-hydrogen) atoms. The molecule has 4 nitrogen and oxygen atoms in total. The molecule has 1 fully saturated rings. The molecule has 1 aliphatic heterocycles. The molecule has 0 radical (unpaired) electrons. The molecule has 0 amide bonds. The number of rotatable bonds is 10. The first-order valence-electron chi connectivity index (χ1n) is 14.6. The van der Waals surface area contributed by atoms with E-state index in [1.165, 1.54) is 0 Å². The summed E-state index contributed by atoms with van der Waals surface area (Å²) in [6, 6.07) is 51.1. The van der Waals surface area contributed by atoms with Gasteiger partial charge >= 0.3 is 7.12 Å². The van der Waals surface area contributed by atoms with Crippen LogP contribution in [0.15, 0.2) is 158 Å². The second kappa shape index (κ2) is 12.9. The van der Waals surface area contributed by atoms with E-state index in [2.05, 4.69) is 60.7 Å². The summed E-state index contributed by atoms with van der Waals surface area (Å²) in [5.74, 6) is 1.97. The van der Waals surface area contributed by atoms with Gasteiger partial charge in [0.05, 0.1) is 0 Å². The average molecular weight is 567 g/mol. The van der Waals surface area contributed by atoms with Crippen LogP contribution in [0.4, 0.5) is 0 Å². The molecular formula is C38H35BO4. The maximum absolute atomic E-state index is 7.00. The zero-order valence-electron chi connectivity index (χ0n) is 24.5. The van der Waals surface area contributed by atoms with Crippen molar-refractivity contribution in [2.45, 2.75) is 23.4 Å². The lowest BCUT2D eigenvalue weighted by Gasteiger charge is -2.46. The number of hydrogen-bond acceptors (Lipinski definition) is 4.